The van der Waals surface area contributed by atoms with E-state index >= 15 is 0 Å². The first-order chi connectivity index (χ1) is 15.9. The van der Waals surface area contributed by atoms with Gasteiger partial charge in [0.15, 0.2) is 5.76 Å². The first kappa shape index (κ1) is 21.5. The first-order valence-corrected chi connectivity index (χ1v) is 10.9. The Labute approximate surface area is 203 Å². The molecule has 0 spiro atoms. The number of phenolic OH excluding ortho intramolecular Hbond substituents is 1. The fraction of sp³-hybridized carbons (Fsp3) is 0.0417. The van der Waals surface area contributed by atoms with E-state index < -0.39 is 5.78 Å². The molecule has 2 aromatic carbocycles. The largest absolute Gasteiger partial charge is 0.508 e. The number of carbonyl (C=O) groups excluding carboxylic acids is 1. The fourth-order valence-corrected chi connectivity index (χ4v) is 4.42. The molecule has 0 saturated carbocycles. The number of nitrogens with zero attached hydrogens (tertiary/aromatic N) is 3. The van der Waals surface area contributed by atoms with E-state index in [1.54, 1.807) is 53.2 Å². The summed E-state index contributed by atoms with van der Waals surface area (Å²) in [6.07, 6.45) is 2.95. The number of hydrogen-bond acceptors (Lipinski definition) is 5. The Hall–Kier alpha value is -3.32. The Balaban J connectivity index is 1.61. The van der Waals surface area contributed by atoms with Crippen molar-refractivity contribution in [2.24, 2.45) is 0 Å². The number of rotatable bonds is 5. The number of pyridine rings is 1. The summed E-state index contributed by atoms with van der Waals surface area (Å²) in [7, 11) is 0. The number of benzene rings is 2. The van der Waals surface area contributed by atoms with Crippen LogP contribution in [0, 0.1) is 0 Å². The molecule has 9 heteroatoms. The van der Waals surface area contributed by atoms with Crippen molar-refractivity contribution < 1.29 is 14.3 Å². The molecule has 0 aliphatic carbocycles. The zero-order valence-corrected chi connectivity index (χ0v) is 19.1. The van der Waals surface area contributed by atoms with Crippen LogP contribution in [0.1, 0.15) is 21.7 Å². The molecule has 0 aliphatic heterocycles. The van der Waals surface area contributed by atoms with Crippen molar-refractivity contribution in [3.8, 4) is 17.3 Å². The van der Waals surface area contributed by atoms with Gasteiger partial charge in [0.1, 0.15) is 16.6 Å². The monoisotopic (exact) mass is 497 g/mol. The maximum Gasteiger partial charge on any atom is 0.245 e. The standard InChI is InChI=1S/C24H14Cl3N3O3/c25-14-5-4-13(17(26)9-14)12-30-19-7-6-15(31)10-16(19)21(23(30)27)22(32)20-11-29-24(33-20)18-3-1-2-8-28-18/h1-11,31H,12H2. The third-order valence-electron chi connectivity index (χ3n) is 5.17. The number of halogens is 3. The van der Waals surface area contributed by atoms with Gasteiger partial charge >= 0.3 is 0 Å². The highest BCUT2D eigenvalue weighted by molar-refractivity contribution is 6.37. The number of aromatic hydroxyl groups is 1. The van der Waals surface area contributed by atoms with E-state index in [1.807, 2.05) is 0 Å². The van der Waals surface area contributed by atoms with Gasteiger partial charge in [-0.15, -0.1) is 0 Å². The van der Waals surface area contributed by atoms with Crippen molar-refractivity contribution >= 4 is 51.5 Å². The molecule has 3 aromatic heterocycles. The van der Waals surface area contributed by atoms with Gasteiger partial charge in [0, 0.05) is 21.6 Å². The van der Waals surface area contributed by atoms with E-state index in [-0.39, 0.29) is 28.1 Å². The maximum absolute atomic E-state index is 13.4. The summed E-state index contributed by atoms with van der Waals surface area (Å²) in [5.41, 5.74) is 2.11. The molecule has 5 aromatic rings. The lowest BCUT2D eigenvalue weighted by atomic mass is 10.1. The first-order valence-electron chi connectivity index (χ1n) is 9.79. The van der Waals surface area contributed by atoms with E-state index in [9.17, 15) is 9.90 Å². The predicted octanol–water partition coefficient (Wildman–Crippen LogP) is 6.64. The number of fused-ring (bicyclic) bond motifs is 1. The summed E-state index contributed by atoms with van der Waals surface area (Å²) in [5.74, 6) is -0.244. The van der Waals surface area contributed by atoms with Gasteiger partial charge in [-0.1, -0.05) is 46.9 Å². The van der Waals surface area contributed by atoms with Crippen LogP contribution in [0.25, 0.3) is 22.5 Å². The van der Waals surface area contributed by atoms with Gasteiger partial charge in [0.05, 0.1) is 23.8 Å². The molecule has 0 amide bonds. The fourth-order valence-electron chi connectivity index (χ4n) is 3.61. The van der Waals surface area contributed by atoms with Gasteiger partial charge in [0.25, 0.3) is 0 Å². The third-order valence-corrected chi connectivity index (χ3v) is 6.15. The normalized spacial score (nSPS) is 11.2. The van der Waals surface area contributed by atoms with E-state index in [2.05, 4.69) is 9.97 Å². The van der Waals surface area contributed by atoms with Crippen molar-refractivity contribution in [3.63, 3.8) is 0 Å². The smallest absolute Gasteiger partial charge is 0.245 e. The number of carbonyl (C=O) groups is 1. The Bertz CT molecular complexity index is 1510. The zero-order valence-electron chi connectivity index (χ0n) is 16.8. The van der Waals surface area contributed by atoms with Crippen molar-refractivity contribution in [1.82, 2.24) is 14.5 Å². The van der Waals surface area contributed by atoms with Crippen molar-refractivity contribution in [3.05, 3.63) is 99.1 Å². The van der Waals surface area contributed by atoms with E-state index in [0.717, 1.165) is 5.56 Å². The molecule has 0 aliphatic rings. The van der Waals surface area contributed by atoms with Crippen LogP contribution in [0.5, 0.6) is 5.75 Å². The van der Waals surface area contributed by atoms with Gasteiger partial charge in [-0.3, -0.25) is 9.78 Å². The minimum absolute atomic E-state index is 0.00152. The summed E-state index contributed by atoms with van der Waals surface area (Å²) in [5, 5.41) is 11.7. The van der Waals surface area contributed by atoms with Gasteiger partial charge in [-0.05, 0) is 48.0 Å². The molecule has 5 rings (SSSR count). The molecule has 164 valence electrons. The van der Waals surface area contributed by atoms with E-state index in [1.165, 1.54) is 18.3 Å². The summed E-state index contributed by atoms with van der Waals surface area (Å²) in [4.78, 5) is 21.8. The summed E-state index contributed by atoms with van der Waals surface area (Å²) in [6, 6.07) is 15.2. The maximum atomic E-state index is 13.4. The average Bonchev–Trinajstić information content (AvgIpc) is 3.39. The number of ketones is 1. The predicted molar refractivity (Wildman–Crippen MR) is 127 cm³/mol. The van der Waals surface area contributed by atoms with Crippen molar-refractivity contribution in [2.45, 2.75) is 6.54 Å². The van der Waals surface area contributed by atoms with Crippen LogP contribution in [-0.4, -0.2) is 25.4 Å². The Morgan fingerprint density at radius 3 is 2.64 bits per heavy atom. The third kappa shape index (κ3) is 3.97. The summed E-state index contributed by atoms with van der Waals surface area (Å²) < 4.78 is 7.44. The van der Waals surface area contributed by atoms with E-state index in [4.69, 9.17) is 39.2 Å². The lowest BCUT2D eigenvalue weighted by Crippen LogP contribution is -2.03. The average molecular weight is 499 g/mol. The number of aromatic nitrogens is 3. The van der Waals surface area contributed by atoms with Crippen LogP contribution < -0.4 is 0 Å². The highest BCUT2D eigenvalue weighted by atomic mass is 35.5. The zero-order chi connectivity index (χ0) is 23.1. The second-order valence-corrected chi connectivity index (χ2v) is 8.46. The van der Waals surface area contributed by atoms with Crippen LogP contribution in [0.3, 0.4) is 0 Å². The Kier molecular flexibility index (Phi) is 5.58. The van der Waals surface area contributed by atoms with E-state index in [0.29, 0.717) is 33.2 Å². The molecular weight excluding hydrogens is 485 g/mol. The molecule has 3 heterocycles. The Morgan fingerprint density at radius 2 is 1.88 bits per heavy atom. The molecule has 0 atom stereocenters. The topological polar surface area (TPSA) is 81.2 Å². The molecule has 0 unspecified atom stereocenters. The van der Waals surface area contributed by atoms with Crippen molar-refractivity contribution in [2.75, 3.05) is 0 Å². The molecular formula is C24H14Cl3N3O3. The lowest BCUT2D eigenvalue weighted by molar-refractivity contribution is 0.101. The van der Waals surface area contributed by atoms with Crippen LogP contribution in [0.2, 0.25) is 15.2 Å². The molecule has 6 nitrogen and oxygen atoms in total. The van der Waals surface area contributed by atoms with Crippen LogP contribution >= 0.6 is 34.8 Å². The summed E-state index contributed by atoms with van der Waals surface area (Å²) in [6.45, 7) is 0.291. The molecule has 0 fully saturated rings. The second-order valence-electron chi connectivity index (χ2n) is 7.26. The molecule has 33 heavy (non-hydrogen) atoms. The van der Waals surface area contributed by atoms with Gasteiger partial charge in [-0.25, -0.2) is 4.98 Å². The van der Waals surface area contributed by atoms with Crippen molar-refractivity contribution in [1.29, 1.82) is 0 Å². The second kappa shape index (κ2) is 8.56. The van der Waals surface area contributed by atoms with Crippen LogP contribution in [-0.2, 0) is 6.54 Å². The SMILES string of the molecule is O=C(c1cnc(-c2ccccn2)o1)c1c(Cl)n(Cc2ccc(Cl)cc2Cl)c2ccc(O)cc12. The van der Waals surface area contributed by atoms with Gasteiger partial charge < -0.3 is 14.1 Å². The molecule has 0 radical (unpaired) electrons. The van der Waals surface area contributed by atoms with Crippen LogP contribution in [0.4, 0.5) is 0 Å². The highest BCUT2D eigenvalue weighted by Crippen LogP contribution is 2.36. The van der Waals surface area contributed by atoms with Gasteiger partial charge in [0.2, 0.25) is 11.7 Å². The van der Waals surface area contributed by atoms with Crippen LogP contribution in [0.15, 0.2) is 71.4 Å². The highest BCUT2D eigenvalue weighted by Gasteiger charge is 2.26. The molecule has 0 bridgehead atoms. The summed E-state index contributed by atoms with van der Waals surface area (Å²) >= 11 is 19.1. The van der Waals surface area contributed by atoms with Gasteiger partial charge in [-0.2, -0.15) is 0 Å². The minimum atomic E-state index is -0.466. The Morgan fingerprint density at radius 1 is 1.03 bits per heavy atom. The number of phenols is 1. The number of oxazole rings is 1. The minimum Gasteiger partial charge on any atom is -0.508 e. The quantitative estimate of drug-likeness (QED) is 0.275. The molecule has 0 saturated heterocycles. The molecule has 1 N–H and O–H groups in total. The lowest BCUT2D eigenvalue weighted by Gasteiger charge is -2.09. The number of hydrogen-bond donors (Lipinski definition) is 1.